The van der Waals surface area contributed by atoms with Crippen LogP contribution in [0.25, 0.3) is 0 Å². The Labute approximate surface area is 101 Å². The molecule has 2 aliphatic carbocycles. The molecule has 0 radical (unpaired) electrons. The molecule has 0 bridgehead atoms. The average Bonchev–Trinajstić information content (AvgIpc) is 2.57. The summed E-state index contributed by atoms with van der Waals surface area (Å²) in [7, 11) is 0. The predicted molar refractivity (Wildman–Crippen MR) is 62.3 cm³/mol. The van der Waals surface area contributed by atoms with Crippen molar-refractivity contribution in [2.75, 3.05) is 0 Å². The predicted octanol–water partition coefficient (Wildman–Crippen LogP) is 4.39. The summed E-state index contributed by atoms with van der Waals surface area (Å²) in [5.74, 6) is 0. The van der Waals surface area contributed by atoms with Crippen molar-refractivity contribution >= 4 is 0 Å². The second-order valence-electron chi connectivity index (χ2n) is 4.11. The Kier molecular flexibility index (Phi) is 3.77. The van der Waals surface area contributed by atoms with Crippen LogP contribution in [0.3, 0.4) is 0 Å². The first-order chi connectivity index (χ1) is 7.29. The SMILES string of the molecule is C[C]1([Ir][C]2=CCCC=CCC2)C=CC=C1. The van der Waals surface area contributed by atoms with Crippen LogP contribution in [-0.2, 0) is 17.7 Å². The Morgan fingerprint density at radius 3 is 2.60 bits per heavy atom. The molecule has 15 heavy (non-hydrogen) atoms. The van der Waals surface area contributed by atoms with E-state index in [1.165, 1.54) is 25.7 Å². The Balaban J connectivity index is 1.98. The number of hydrogen-bond donors (Lipinski definition) is 0. The monoisotopic (exact) mass is 379 g/mol. The van der Waals surface area contributed by atoms with Gasteiger partial charge < -0.3 is 0 Å². The van der Waals surface area contributed by atoms with Gasteiger partial charge in [-0.3, -0.25) is 0 Å². The number of hydrogen-bond acceptors (Lipinski definition) is 0. The molecule has 0 N–H and O–H groups in total. The molecular formula is C14H18Ir. The normalized spacial score (nSPS) is 23.9. The van der Waals surface area contributed by atoms with Gasteiger partial charge in [0.25, 0.3) is 0 Å². The van der Waals surface area contributed by atoms with Crippen molar-refractivity contribution in [1.82, 2.24) is 0 Å². The molecule has 0 atom stereocenters. The fourth-order valence-electron chi connectivity index (χ4n) is 1.78. The van der Waals surface area contributed by atoms with Gasteiger partial charge in [-0.15, -0.1) is 0 Å². The molecule has 0 aromatic heterocycles. The molecule has 0 amide bonds. The molecule has 0 unspecified atom stereocenters. The quantitative estimate of drug-likeness (QED) is 0.625. The summed E-state index contributed by atoms with van der Waals surface area (Å²) >= 11 is -0.00444. The maximum absolute atomic E-state index is 2.51. The fraction of sp³-hybridized carbons (Fsp3) is 0.429. The van der Waals surface area contributed by atoms with Crippen molar-refractivity contribution in [3.63, 3.8) is 0 Å². The first kappa shape index (κ1) is 11.1. The molecule has 0 fully saturated rings. The van der Waals surface area contributed by atoms with E-state index in [4.69, 9.17) is 0 Å². The van der Waals surface area contributed by atoms with Gasteiger partial charge in [-0.25, -0.2) is 0 Å². The van der Waals surface area contributed by atoms with Gasteiger partial charge in [0.2, 0.25) is 0 Å². The Hall–Kier alpha value is -0.391. The van der Waals surface area contributed by atoms with Gasteiger partial charge in [0.1, 0.15) is 0 Å². The van der Waals surface area contributed by atoms with E-state index in [1.54, 1.807) is 4.09 Å². The van der Waals surface area contributed by atoms with Crippen LogP contribution in [0.2, 0.25) is 3.93 Å². The van der Waals surface area contributed by atoms with E-state index in [0.717, 1.165) is 0 Å². The Morgan fingerprint density at radius 2 is 1.80 bits per heavy atom. The van der Waals surface area contributed by atoms with E-state index >= 15 is 0 Å². The third-order valence-electron chi connectivity index (χ3n) is 2.62. The van der Waals surface area contributed by atoms with Gasteiger partial charge in [0.15, 0.2) is 0 Å². The zero-order valence-corrected chi connectivity index (χ0v) is 11.6. The first-order valence-corrected chi connectivity index (χ1v) is 8.01. The van der Waals surface area contributed by atoms with Crippen LogP contribution < -0.4 is 0 Å². The van der Waals surface area contributed by atoms with E-state index in [9.17, 15) is 0 Å². The standard InChI is InChI=1S/C8H11.C6H7.Ir/c1-2-4-6-8-7-5-3-1;1-6-4-2-3-5-6;/h1-2,7H,3-6H2;2-5H,1H3;. The van der Waals surface area contributed by atoms with Gasteiger partial charge in [-0.05, 0) is 0 Å². The molecule has 2 rings (SSSR count). The Bertz CT molecular complexity index is 319. The van der Waals surface area contributed by atoms with Crippen LogP contribution in [0, 0.1) is 0 Å². The molecule has 0 saturated carbocycles. The average molecular weight is 379 g/mol. The van der Waals surface area contributed by atoms with Crippen LogP contribution in [0.1, 0.15) is 32.6 Å². The van der Waals surface area contributed by atoms with Crippen LogP contribution in [0.4, 0.5) is 0 Å². The van der Waals surface area contributed by atoms with Gasteiger partial charge in [-0.2, -0.15) is 0 Å². The van der Waals surface area contributed by atoms with Crippen LogP contribution >= 0.6 is 0 Å². The number of rotatable bonds is 2. The van der Waals surface area contributed by atoms with Crippen molar-refractivity contribution in [3.8, 4) is 0 Å². The topological polar surface area (TPSA) is 0 Å². The van der Waals surface area contributed by atoms with Crippen molar-refractivity contribution < 1.29 is 17.7 Å². The molecule has 0 aromatic carbocycles. The van der Waals surface area contributed by atoms with Gasteiger partial charge in [-0.1, -0.05) is 0 Å². The van der Waals surface area contributed by atoms with E-state index < -0.39 is 0 Å². The molecule has 83 valence electrons. The van der Waals surface area contributed by atoms with E-state index in [2.05, 4.69) is 49.5 Å². The summed E-state index contributed by atoms with van der Waals surface area (Å²) in [6.07, 6.45) is 21.4. The van der Waals surface area contributed by atoms with Crippen LogP contribution in [0.15, 0.2) is 46.6 Å². The van der Waals surface area contributed by atoms with Crippen molar-refractivity contribution in [3.05, 3.63) is 46.6 Å². The van der Waals surface area contributed by atoms with Gasteiger partial charge >= 0.3 is 101 Å². The van der Waals surface area contributed by atoms with E-state index in [1.807, 2.05) is 0 Å². The third kappa shape index (κ3) is 3.29. The molecule has 0 aromatic rings. The van der Waals surface area contributed by atoms with Gasteiger partial charge in [0, 0.05) is 0 Å². The van der Waals surface area contributed by atoms with E-state index in [-0.39, 0.29) is 17.7 Å². The molecule has 0 aliphatic heterocycles. The van der Waals surface area contributed by atoms with Crippen LogP contribution in [-0.4, -0.2) is 0 Å². The van der Waals surface area contributed by atoms with Gasteiger partial charge in [0.05, 0.1) is 0 Å². The third-order valence-corrected chi connectivity index (χ3v) is 6.57. The fourth-order valence-corrected chi connectivity index (χ4v) is 5.53. The molecular weight excluding hydrogens is 360 g/mol. The second-order valence-corrected chi connectivity index (χ2v) is 8.83. The molecule has 0 spiro atoms. The number of allylic oxidation sites excluding steroid dienone is 8. The van der Waals surface area contributed by atoms with Crippen molar-refractivity contribution in [1.29, 1.82) is 0 Å². The molecule has 0 heterocycles. The summed E-state index contributed by atoms with van der Waals surface area (Å²) < 4.78 is 2.17. The summed E-state index contributed by atoms with van der Waals surface area (Å²) in [4.78, 5) is 0. The zero-order chi connectivity index (χ0) is 10.6. The summed E-state index contributed by atoms with van der Waals surface area (Å²) in [5.41, 5.74) is 0. The zero-order valence-electron chi connectivity index (χ0n) is 9.20. The molecule has 2 aliphatic rings. The second kappa shape index (κ2) is 5.09. The summed E-state index contributed by atoms with van der Waals surface area (Å²) in [5, 5.41) is 0. The van der Waals surface area contributed by atoms with Crippen molar-refractivity contribution in [2.24, 2.45) is 0 Å². The Morgan fingerprint density at radius 1 is 1.07 bits per heavy atom. The minimum atomic E-state index is -0.00444. The minimum absolute atomic E-state index is 0.00444. The summed E-state index contributed by atoms with van der Waals surface area (Å²) in [6.45, 7) is 2.38. The molecule has 0 saturated heterocycles. The van der Waals surface area contributed by atoms with Crippen molar-refractivity contribution in [2.45, 2.75) is 36.5 Å². The van der Waals surface area contributed by atoms with E-state index in [0.29, 0.717) is 3.93 Å². The summed E-state index contributed by atoms with van der Waals surface area (Å²) in [6, 6.07) is 0. The maximum atomic E-state index is 2.51. The molecule has 0 nitrogen and oxygen atoms in total. The van der Waals surface area contributed by atoms with Crippen LogP contribution in [0.5, 0.6) is 0 Å². The molecule has 1 heteroatoms. The first-order valence-electron chi connectivity index (χ1n) is 5.61.